The number of hydrogen-bond donors (Lipinski definition) is 0. The maximum atomic E-state index is 12.7. The molecule has 0 fully saturated rings. The van der Waals surface area contributed by atoms with Gasteiger partial charge in [0.15, 0.2) is 6.10 Å². The number of hydrogen-bond acceptors (Lipinski definition) is 5. The zero-order valence-corrected chi connectivity index (χ0v) is 15.2. The first-order valence-corrected chi connectivity index (χ1v) is 8.68. The van der Waals surface area contributed by atoms with Crippen LogP contribution in [0.2, 0.25) is 0 Å². The van der Waals surface area contributed by atoms with Gasteiger partial charge in [0.2, 0.25) is 0 Å². The van der Waals surface area contributed by atoms with Gasteiger partial charge in [0, 0.05) is 19.2 Å². The second-order valence-corrected chi connectivity index (χ2v) is 6.11. The molecule has 0 bridgehead atoms. The summed E-state index contributed by atoms with van der Waals surface area (Å²) in [5, 5.41) is 10.8. The Morgan fingerprint density at radius 2 is 1.32 bits per heavy atom. The Morgan fingerprint density at radius 3 is 1.79 bits per heavy atom. The number of ether oxygens (including phenoxy) is 2. The predicted octanol–water partition coefficient (Wildman–Crippen LogP) is 4.88. The minimum absolute atomic E-state index is 0.0878. The second kappa shape index (κ2) is 8.92. The van der Waals surface area contributed by atoms with Crippen LogP contribution >= 0.6 is 0 Å². The molecule has 6 nitrogen and oxygen atoms in total. The highest BCUT2D eigenvalue weighted by molar-refractivity contribution is 5.89. The number of nitro groups is 1. The first-order chi connectivity index (χ1) is 13.6. The van der Waals surface area contributed by atoms with Gasteiger partial charge in [0.1, 0.15) is 6.10 Å². The van der Waals surface area contributed by atoms with E-state index < -0.39 is 23.1 Å². The highest BCUT2D eigenvalue weighted by atomic mass is 16.6. The Hall–Kier alpha value is -3.51. The predicted molar refractivity (Wildman–Crippen MR) is 104 cm³/mol. The van der Waals surface area contributed by atoms with Gasteiger partial charge in [-0.3, -0.25) is 10.1 Å². The molecule has 0 unspecified atom stereocenters. The first-order valence-electron chi connectivity index (χ1n) is 8.68. The van der Waals surface area contributed by atoms with E-state index in [0.717, 1.165) is 11.1 Å². The molecule has 3 aromatic rings. The molecule has 6 heteroatoms. The van der Waals surface area contributed by atoms with Crippen molar-refractivity contribution in [2.75, 3.05) is 7.11 Å². The van der Waals surface area contributed by atoms with Crippen molar-refractivity contribution in [3.8, 4) is 0 Å². The molecular formula is C22H19NO5. The molecule has 0 heterocycles. The highest BCUT2D eigenvalue weighted by Gasteiger charge is 2.29. The molecule has 142 valence electrons. The van der Waals surface area contributed by atoms with Crippen molar-refractivity contribution >= 4 is 11.7 Å². The van der Waals surface area contributed by atoms with Crippen LogP contribution in [0.15, 0.2) is 84.9 Å². The summed E-state index contributed by atoms with van der Waals surface area (Å²) in [5.41, 5.74) is 1.80. The Balaban J connectivity index is 1.91. The normalized spacial score (nSPS) is 12.8. The molecule has 28 heavy (non-hydrogen) atoms. The van der Waals surface area contributed by atoms with E-state index in [9.17, 15) is 14.9 Å². The van der Waals surface area contributed by atoms with Crippen LogP contribution in [-0.4, -0.2) is 18.0 Å². The van der Waals surface area contributed by atoms with Gasteiger partial charge in [-0.2, -0.15) is 0 Å². The molecule has 2 atom stereocenters. The topological polar surface area (TPSA) is 78.7 Å². The standard InChI is InChI=1S/C22H19NO5/c1-27-20(16-8-4-2-5-9-16)21(17-10-6-3-7-11-17)28-22(24)18-12-14-19(15-13-18)23(25)26/h2-15,20-21H,1H3/t20-,21-/m0/s1. The van der Waals surface area contributed by atoms with Gasteiger partial charge < -0.3 is 9.47 Å². The summed E-state index contributed by atoms with van der Waals surface area (Å²) in [5.74, 6) is -0.582. The molecule has 0 amide bonds. The van der Waals surface area contributed by atoms with E-state index in [1.165, 1.54) is 24.3 Å². The number of methoxy groups -OCH3 is 1. The van der Waals surface area contributed by atoms with Crippen molar-refractivity contribution in [3.05, 3.63) is 112 Å². The molecule has 3 rings (SSSR count). The van der Waals surface area contributed by atoms with Gasteiger partial charge >= 0.3 is 5.97 Å². The summed E-state index contributed by atoms with van der Waals surface area (Å²) in [4.78, 5) is 23.0. The highest BCUT2D eigenvalue weighted by Crippen LogP contribution is 2.35. The molecule has 0 aliphatic carbocycles. The Bertz CT molecular complexity index is 926. The van der Waals surface area contributed by atoms with Gasteiger partial charge in [0.25, 0.3) is 5.69 Å². The average Bonchev–Trinajstić information content (AvgIpc) is 2.75. The number of rotatable bonds is 7. The van der Waals surface area contributed by atoms with E-state index in [0.29, 0.717) is 0 Å². The molecule has 0 aliphatic heterocycles. The number of benzene rings is 3. The lowest BCUT2D eigenvalue weighted by Gasteiger charge is -2.27. The summed E-state index contributed by atoms with van der Waals surface area (Å²) < 4.78 is 11.5. The van der Waals surface area contributed by atoms with Crippen molar-refractivity contribution in [1.82, 2.24) is 0 Å². The minimum atomic E-state index is -0.684. The van der Waals surface area contributed by atoms with E-state index in [4.69, 9.17) is 9.47 Å². The fourth-order valence-electron chi connectivity index (χ4n) is 2.93. The number of carbonyl (C=O) groups is 1. The third kappa shape index (κ3) is 4.42. The van der Waals surface area contributed by atoms with E-state index in [2.05, 4.69) is 0 Å². The Kier molecular flexibility index (Phi) is 6.14. The average molecular weight is 377 g/mol. The molecule has 0 aliphatic rings. The van der Waals surface area contributed by atoms with Crippen LogP contribution in [-0.2, 0) is 9.47 Å². The van der Waals surface area contributed by atoms with Crippen LogP contribution in [0, 0.1) is 10.1 Å². The largest absolute Gasteiger partial charge is 0.451 e. The van der Waals surface area contributed by atoms with Gasteiger partial charge in [-0.05, 0) is 23.3 Å². The first kappa shape index (κ1) is 19.3. The number of nitrogens with zero attached hydrogens (tertiary/aromatic N) is 1. The molecule has 3 aromatic carbocycles. The van der Waals surface area contributed by atoms with Crippen LogP contribution in [0.1, 0.15) is 33.7 Å². The number of nitro benzene ring substituents is 1. The lowest BCUT2D eigenvalue weighted by atomic mass is 9.98. The molecule has 0 aromatic heterocycles. The van der Waals surface area contributed by atoms with E-state index in [1.54, 1.807) is 7.11 Å². The zero-order valence-electron chi connectivity index (χ0n) is 15.2. The number of carbonyl (C=O) groups excluding carboxylic acids is 1. The van der Waals surface area contributed by atoms with Crippen molar-refractivity contribution in [2.24, 2.45) is 0 Å². The molecule has 0 spiro atoms. The fourth-order valence-corrected chi connectivity index (χ4v) is 2.93. The van der Waals surface area contributed by atoms with Crippen molar-refractivity contribution in [2.45, 2.75) is 12.2 Å². The van der Waals surface area contributed by atoms with Crippen molar-refractivity contribution < 1.29 is 19.2 Å². The van der Waals surface area contributed by atoms with Gasteiger partial charge in [-0.1, -0.05) is 60.7 Å². The maximum Gasteiger partial charge on any atom is 0.338 e. The third-order valence-electron chi connectivity index (χ3n) is 4.33. The van der Waals surface area contributed by atoms with E-state index >= 15 is 0 Å². The monoisotopic (exact) mass is 377 g/mol. The smallest absolute Gasteiger partial charge is 0.338 e. The van der Waals surface area contributed by atoms with Gasteiger partial charge in [0.05, 0.1) is 10.5 Å². The maximum absolute atomic E-state index is 12.7. The fraction of sp³-hybridized carbons (Fsp3) is 0.136. The molecule has 0 saturated carbocycles. The SMILES string of the molecule is CO[C@@H](c1ccccc1)[C@@H](OC(=O)c1ccc([N+](=O)[O-])cc1)c1ccccc1. The molecule has 0 radical (unpaired) electrons. The van der Waals surface area contributed by atoms with Gasteiger partial charge in [-0.15, -0.1) is 0 Å². The van der Waals surface area contributed by atoms with Crippen LogP contribution in [0.5, 0.6) is 0 Å². The summed E-state index contributed by atoms with van der Waals surface area (Å²) >= 11 is 0. The van der Waals surface area contributed by atoms with Gasteiger partial charge in [-0.25, -0.2) is 4.79 Å². The van der Waals surface area contributed by atoms with Crippen LogP contribution in [0.4, 0.5) is 5.69 Å². The summed E-state index contributed by atoms with van der Waals surface area (Å²) in [6.07, 6.45) is -1.19. The lowest BCUT2D eigenvalue weighted by molar-refractivity contribution is -0.384. The summed E-state index contributed by atoms with van der Waals surface area (Å²) in [7, 11) is 1.56. The lowest BCUT2D eigenvalue weighted by Crippen LogP contribution is -2.20. The Labute approximate surface area is 162 Å². The minimum Gasteiger partial charge on any atom is -0.451 e. The summed E-state index contributed by atoms with van der Waals surface area (Å²) in [6, 6.07) is 24.1. The van der Waals surface area contributed by atoms with Crippen molar-refractivity contribution in [3.63, 3.8) is 0 Å². The molecular weight excluding hydrogens is 358 g/mol. The zero-order chi connectivity index (χ0) is 19.9. The molecule has 0 saturated heterocycles. The van der Waals surface area contributed by atoms with Crippen LogP contribution in [0.25, 0.3) is 0 Å². The summed E-state index contributed by atoms with van der Waals surface area (Å²) in [6.45, 7) is 0. The van der Waals surface area contributed by atoms with E-state index in [-0.39, 0.29) is 11.3 Å². The van der Waals surface area contributed by atoms with Crippen molar-refractivity contribution in [1.29, 1.82) is 0 Å². The van der Waals surface area contributed by atoms with E-state index in [1.807, 2.05) is 60.7 Å². The van der Waals surface area contributed by atoms with Crippen LogP contribution < -0.4 is 0 Å². The van der Waals surface area contributed by atoms with Crippen LogP contribution in [0.3, 0.4) is 0 Å². The quantitative estimate of drug-likeness (QED) is 0.333. The number of non-ortho nitro benzene ring substituents is 1. The Morgan fingerprint density at radius 1 is 0.821 bits per heavy atom. The second-order valence-electron chi connectivity index (χ2n) is 6.11. The number of esters is 1. The third-order valence-corrected chi connectivity index (χ3v) is 4.33. The molecule has 0 N–H and O–H groups in total.